The van der Waals surface area contributed by atoms with E-state index in [1.165, 1.54) is 77.0 Å². The van der Waals surface area contributed by atoms with Gasteiger partial charge < -0.3 is 4.74 Å². The highest BCUT2D eigenvalue weighted by Crippen LogP contribution is 2.10. The second-order valence-electron chi connectivity index (χ2n) is 6.84. The second kappa shape index (κ2) is 18.4. The summed E-state index contributed by atoms with van der Waals surface area (Å²) in [4.78, 5) is 0. The Morgan fingerprint density at radius 3 is 1.72 bits per heavy atom. The lowest BCUT2D eigenvalue weighted by molar-refractivity contribution is 0.143. The molecule has 0 aliphatic heterocycles. The Labute approximate surface area is 156 Å². The highest BCUT2D eigenvalue weighted by molar-refractivity contribution is 7.85. The molecule has 4 nitrogen and oxygen atoms in total. The molecule has 0 saturated carbocycles. The summed E-state index contributed by atoms with van der Waals surface area (Å²) in [7, 11) is -3.88. The summed E-state index contributed by atoms with van der Waals surface area (Å²) >= 11 is 0. The molecule has 0 aliphatic rings. The van der Waals surface area contributed by atoms with Crippen LogP contribution in [0.4, 0.5) is 0 Å². The molecule has 0 aliphatic carbocycles. The molecular formula is C20H40O4S. The van der Waals surface area contributed by atoms with Crippen LogP contribution in [0.25, 0.3) is 0 Å². The average molecular weight is 377 g/mol. The zero-order chi connectivity index (χ0) is 18.6. The minimum atomic E-state index is -3.88. The quantitative estimate of drug-likeness (QED) is 0.172. The monoisotopic (exact) mass is 376 g/mol. The Hall–Kier alpha value is -0.390. The van der Waals surface area contributed by atoms with Crippen molar-refractivity contribution in [2.45, 2.75) is 96.8 Å². The van der Waals surface area contributed by atoms with Gasteiger partial charge in [0, 0.05) is 6.61 Å². The molecular weight excluding hydrogens is 336 g/mol. The van der Waals surface area contributed by atoms with Gasteiger partial charge in [0.25, 0.3) is 10.1 Å². The molecule has 0 heterocycles. The van der Waals surface area contributed by atoms with E-state index in [9.17, 15) is 8.42 Å². The summed E-state index contributed by atoms with van der Waals surface area (Å²) in [5, 5.41) is 0. The Bertz CT molecular complexity index is 391. The van der Waals surface area contributed by atoms with Crippen molar-refractivity contribution >= 4 is 10.1 Å². The summed E-state index contributed by atoms with van der Waals surface area (Å²) in [5.74, 6) is -0.306. The van der Waals surface area contributed by atoms with Crippen LogP contribution >= 0.6 is 0 Å². The molecule has 0 fully saturated rings. The fraction of sp³-hybridized carbons (Fsp3) is 0.900. The SMILES string of the molecule is CCCCCCCC/C=C\CCCCCCCCOCCS(=O)(=O)O. The van der Waals surface area contributed by atoms with Crippen molar-refractivity contribution < 1.29 is 17.7 Å². The van der Waals surface area contributed by atoms with Gasteiger partial charge in [-0.2, -0.15) is 8.42 Å². The van der Waals surface area contributed by atoms with Crippen LogP contribution < -0.4 is 0 Å². The van der Waals surface area contributed by atoms with Crippen LogP contribution in [-0.2, 0) is 14.9 Å². The van der Waals surface area contributed by atoms with Crippen LogP contribution in [0.5, 0.6) is 0 Å². The third kappa shape index (κ3) is 23.6. The Morgan fingerprint density at radius 1 is 0.720 bits per heavy atom. The number of unbranched alkanes of at least 4 members (excludes halogenated alkanes) is 12. The second-order valence-corrected chi connectivity index (χ2v) is 8.41. The van der Waals surface area contributed by atoms with E-state index in [0.717, 1.165) is 12.8 Å². The maximum Gasteiger partial charge on any atom is 0.267 e. The molecule has 0 saturated heterocycles. The van der Waals surface area contributed by atoms with Gasteiger partial charge in [0.2, 0.25) is 0 Å². The lowest BCUT2D eigenvalue weighted by Crippen LogP contribution is -2.11. The van der Waals surface area contributed by atoms with E-state index < -0.39 is 10.1 Å². The smallest absolute Gasteiger partial charge is 0.267 e. The molecule has 0 amide bonds. The van der Waals surface area contributed by atoms with E-state index in [4.69, 9.17) is 9.29 Å². The fourth-order valence-electron chi connectivity index (χ4n) is 2.72. The summed E-state index contributed by atoms with van der Waals surface area (Å²) < 4.78 is 34.7. The molecule has 0 atom stereocenters. The highest BCUT2D eigenvalue weighted by atomic mass is 32.2. The third-order valence-electron chi connectivity index (χ3n) is 4.29. The first kappa shape index (κ1) is 24.6. The lowest BCUT2D eigenvalue weighted by atomic mass is 10.1. The Balaban J connectivity index is 3.12. The normalized spacial score (nSPS) is 12.2. The van der Waals surface area contributed by atoms with Gasteiger partial charge in [0.1, 0.15) is 0 Å². The molecule has 25 heavy (non-hydrogen) atoms. The van der Waals surface area contributed by atoms with Crippen molar-refractivity contribution in [1.82, 2.24) is 0 Å². The van der Waals surface area contributed by atoms with Crippen molar-refractivity contribution in [1.29, 1.82) is 0 Å². The van der Waals surface area contributed by atoms with Gasteiger partial charge >= 0.3 is 0 Å². The van der Waals surface area contributed by atoms with Crippen molar-refractivity contribution in [3.8, 4) is 0 Å². The molecule has 0 spiro atoms. The highest BCUT2D eigenvalue weighted by Gasteiger charge is 2.02. The first-order chi connectivity index (χ1) is 12.1. The molecule has 0 aromatic rings. The van der Waals surface area contributed by atoms with Crippen molar-refractivity contribution in [2.75, 3.05) is 19.0 Å². The van der Waals surface area contributed by atoms with Crippen molar-refractivity contribution in [3.63, 3.8) is 0 Å². The van der Waals surface area contributed by atoms with E-state index in [-0.39, 0.29) is 12.4 Å². The molecule has 0 radical (unpaired) electrons. The van der Waals surface area contributed by atoms with E-state index in [2.05, 4.69) is 19.1 Å². The summed E-state index contributed by atoms with van der Waals surface area (Å²) in [6, 6.07) is 0. The zero-order valence-electron chi connectivity index (χ0n) is 16.3. The van der Waals surface area contributed by atoms with Crippen LogP contribution in [0.3, 0.4) is 0 Å². The largest absolute Gasteiger partial charge is 0.380 e. The zero-order valence-corrected chi connectivity index (χ0v) is 17.1. The van der Waals surface area contributed by atoms with Gasteiger partial charge in [0.05, 0.1) is 12.4 Å². The van der Waals surface area contributed by atoms with Gasteiger partial charge in [0.15, 0.2) is 0 Å². The number of rotatable bonds is 19. The molecule has 150 valence electrons. The molecule has 5 heteroatoms. The third-order valence-corrected chi connectivity index (χ3v) is 4.97. The predicted octanol–water partition coefficient (Wildman–Crippen LogP) is 5.93. The number of hydrogen-bond donors (Lipinski definition) is 1. The van der Waals surface area contributed by atoms with Crippen LogP contribution in [-0.4, -0.2) is 31.9 Å². The van der Waals surface area contributed by atoms with E-state index in [0.29, 0.717) is 6.61 Å². The van der Waals surface area contributed by atoms with Gasteiger partial charge in [-0.3, -0.25) is 4.55 Å². The Morgan fingerprint density at radius 2 is 1.20 bits per heavy atom. The standard InChI is InChI=1S/C20H40O4S/c1-2-3-4-5-6-7-8-9-10-11-12-13-14-15-16-17-18-24-19-20-25(21,22)23/h9-10H,2-8,11-20H2,1H3,(H,21,22,23)/b10-9-. The maximum atomic E-state index is 10.5. The minimum Gasteiger partial charge on any atom is -0.380 e. The van der Waals surface area contributed by atoms with Gasteiger partial charge in [-0.05, 0) is 32.1 Å². The van der Waals surface area contributed by atoms with E-state index >= 15 is 0 Å². The van der Waals surface area contributed by atoms with Crippen LogP contribution in [0.2, 0.25) is 0 Å². The number of allylic oxidation sites excluding steroid dienone is 2. The lowest BCUT2D eigenvalue weighted by Gasteiger charge is -2.03. The van der Waals surface area contributed by atoms with Gasteiger partial charge in [-0.15, -0.1) is 0 Å². The first-order valence-electron chi connectivity index (χ1n) is 10.2. The van der Waals surface area contributed by atoms with Gasteiger partial charge in [-0.25, -0.2) is 0 Å². The average Bonchev–Trinajstić information content (AvgIpc) is 2.56. The molecule has 0 rings (SSSR count). The molecule has 0 bridgehead atoms. The van der Waals surface area contributed by atoms with Crippen LogP contribution in [0.15, 0.2) is 12.2 Å². The molecule has 1 N–H and O–H groups in total. The summed E-state index contributed by atoms with van der Waals surface area (Å²) in [6.07, 6.45) is 22.5. The van der Waals surface area contributed by atoms with E-state index in [1.807, 2.05) is 0 Å². The van der Waals surface area contributed by atoms with Crippen molar-refractivity contribution in [3.05, 3.63) is 12.2 Å². The Kier molecular flexibility index (Phi) is 18.1. The molecule has 0 unspecified atom stereocenters. The number of hydrogen-bond acceptors (Lipinski definition) is 3. The summed E-state index contributed by atoms with van der Waals surface area (Å²) in [6.45, 7) is 2.93. The fourth-order valence-corrected chi connectivity index (χ4v) is 3.05. The van der Waals surface area contributed by atoms with Crippen LogP contribution in [0, 0.1) is 0 Å². The maximum absolute atomic E-state index is 10.5. The molecule has 0 aromatic heterocycles. The molecule has 0 aromatic carbocycles. The number of ether oxygens (including phenoxy) is 1. The topological polar surface area (TPSA) is 63.6 Å². The first-order valence-corrected chi connectivity index (χ1v) is 11.8. The van der Waals surface area contributed by atoms with Gasteiger partial charge in [-0.1, -0.05) is 76.9 Å². The predicted molar refractivity (Wildman–Crippen MR) is 107 cm³/mol. The van der Waals surface area contributed by atoms with Crippen molar-refractivity contribution in [2.24, 2.45) is 0 Å². The summed E-state index contributed by atoms with van der Waals surface area (Å²) in [5.41, 5.74) is 0. The minimum absolute atomic E-state index is 0.0872. The van der Waals surface area contributed by atoms with E-state index in [1.54, 1.807) is 0 Å². The van der Waals surface area contributed by atoms with Crippen LogP contribution in [0.1, 0.15) is 96.8 Å².